The third-order valence-corrected chi connectivity index (χ3v) is 2.25. The van der Waals surface area contributed by atoms with Crippen LogP contribution in [0.3, 0.4) is 0 Å². The Labute approximate surface area is 84.1 Å². The lowest BCUT2D eigenvalue weighted by molar-refractivity contribution is -0.151. The van der Waals surface area contributed by atoms with Crippen LogP contribution in [0.15, 0.2) is 11.6 Å². The van der Waals surface area contributed by atoms with Gasteiger partial charge in [0.2, 0.25) is 0 Å². The van der Waals surface area contributed by atoms with E-state index in [1.54, 1.807) is 0 Å². The standard InChI is InChI=1S/C11H16O3/c1-2-3-4-5-6-7-9-8-10(12)14-11(9)13/h7H,2-6,8H2,1H3. The van der Waals surface area contributed by atoms with Crippen LogP contribution in [0, 0.1) is 0 Å². The van der Waals surface area contributed by atoms with E-state index in [1.165, 1.54) is 19.3 Å². The van der Waals surface area contributed by atoms with Crippen LogP contribution in [0.4, 0.5) is 0 Å². The van der Waals surface area contributed by atoms with Crippen molar-refractivity contribution in [2.75, 3.05) is 0 Å². The van der Waals surface area contributed by atoms with E-state index in [4.69, 9.17) is 0 Å². The quantitative estimate of drug-likeness (QED) is 0.293. The summed E-state index contributed by atoms with van der Waals surface area (Å²) in [5.41, 5.74) is 0.534. The topological polar surface area (TPSA) is 43.4 Å². The summed E-state index contributed by atoms with van der Waals surface area (Å²) in [4.78, 5) is 21.7. The molecule has 0 spiro atoms. The number of rotatable bonds is 5. The Bertz CT molecular complexity index is 253. The molecule has 0 bridgehead atoms. The third kappa shape index (κ3) is 3.32. The number of carbonyl (C=O) groups excluding carboxylic acids is 2. The van der Waals surface area contributed by atoms with Gasteiger partial charge in [0, 0.05) is 5.57 Å². The van der Waals surface area contributed by atoms with Crippen molar-refractivity contribution < 1.29 is 14.3 Å². The maximum atomic E-state index is 11.0. The fraction of sp³-hybridized carbons (Fsp3) is 0.636. The average molecular weight is 196 g/mol. The minimum absolute atomic E-state index is 0.159. The van der Waals surface area contributed by atoms with Crippen LogP contribution >= 0.6 is 0 Å². The minimum Gasteiger partial charge on any atom is -0.389 e. The van der Waals surface area contributed by atoms with Crippen molar-refractivity contribution in [2.45, 2.75) is 45.4 Å². The predicted octanol–water partition coefficient (Wildman–Crippen LogP) is 2.36. The van der Waals surface area contributed by atoms with Gasteiger partial charge in [0.15, 0.2) is 0 Å². The highest BCUT2D eigenvalue weighted by atomic mass is 16.6. The van der Waals surface area contributed by atoms with Crippen molar-refractivity contribution in [3.05, 3.63) is 11.6 Å². The Morgan fingerprint density at radius 1 is 1.29 bits per heavy atom. The number of unbranched alkanes of at least 4 members (excludes halogenated alkanes) is 4. The van der Waals surface area contributed by atoms with Crippen LogP contribution in [0.25, 0.3) is 0 Å². The number of hydrogen-bond donors (Lipinski definition) is 0. The highest BCUT2D eigenvalue weighted by Crippen LogP contribution is 2.16. The predicted molar refractivity (Wildman–Crippen MR) is 52.6 cm³/mol. The second-order valence-electron chi connectivity index (χ2n) is 3.52. The van der Waals surface area contributed by atoms with Gasteiger partial charge in [-0.2, -0.15) is 0 Å². The molecular formula is C11H16O3. The van der Waals surface area contributed by atoms with Crippen molar-refractivity contribution in [2.24, 2.45) is 0 Å². The highest BCUT2D eigenvalue weighted by Gasteiger charge is 2.26. The summed E-state index contributed by atoms with van der Waals surface area (Å²) in [5.74, 6) is -0.875. The molecule has 0 unspecified atom stereocenters. The number of cyclic esters (lactones) is 2. The lowest BCUT2D eigenvalue weighted by Crippen LogP contribution is -1.96. The molecule has 14 heavy (non-hydrogen) atoms. The van der Waals surface area contributed by atoms with E-state index in [1.807, 2.05) is 6.08 Å². The van der Waals surface area contributed by atoms with E-state index in [0.717, 1.165) is 12.8 Å². The molecule has 0 aliphatic carbocycles. The van der Waals surface area contributed by atoms with Crippen LogP contribution < -0.4 is 0 Å². The van der Waals surface area contributed by atoms with Crippen LogP contribution in [-0.2, 0) is 14.3 Å². The average Bonchev–Trinajstić information content (AvgIpc) is 2.45. The molecule has 1 heterocycles. The van der Waals surface area contributed by atoms with Gasteiger partial charge in [0.1, 0.15) is 0 Å². The van der Waals surface area contributed by atoms with Gasteiger partial charge in [-0.05, 0) is 12.8 Å². The fourth-order valence-electron chi connectivity index (χ4n) is 1.44. The maximum Gasteiger partial charge on any atom is 0.341 e. The van der Waals surface area contributed by atoms with E-state index < -0.39 is 11.9 Å². The Morgan fingerprint density at radius 2 is 2.07 bits per heavy atom. The summed E-state index contributed by atoms with van der Waals surface area (Å²) >= 11 is 0. The summed E-state index contributed by atoms with van der Waals surface area (Å²) in [6, 6.07) is 0. The summed E-state index contributed by atoms with van der Waals surface area (Å²) in [6.45, 7) is 2.16. The molecule has 1 rings (SSSR count). The van der Waals surface area contributed by atoms with Crippen molar-refractivity contribution in [3.63, 3.8) is 0 Å². The minimum atomic E-state index is -0.453. The van der Waals surface area contributed by atoms with Crippen LogP contribution in [0.1, 0.15) is 45.4 Å². The van der Waals surface area contributed by atoms with E-state index in [-0.39, 0.29) is 6.42 Å². The van der Waals surface area contributed by atoms with Crippen molar-refractivity contribution >= 4 is 11.9 Å². The molecule has 3 heteroatoms. The van der Waals surface area contributed by atoms with Gasteiger partial charge in [-0.1, -0.05) is 32.3 Å². The summed E-state index contributed by atoms with van der Waals surface area (Å²) in [5, 5.41) is 0. The lowest BCUT2D eigenvalue weighted by Gasteiger charge is -1.94. The number of ether oxygens (including phenoxy) is 1. The van der Waals surface area contributed by atoms with E-state index in [9.17, 15) is 9.59 Å². The molecule has 0 aromatic heterocycles. The molecule has 1 aliphatic rings. The Hall–Kier alpha value is -1.12. The van der Waals surface area contributed by atoms with E-state index in [2.05, 4.69) is 11.7 Å². The Balaban J connectivity index is 2.24. The van der Waals surface area contributed by atoms with Gasteiger partial charge >= 0.3 is 11.9 Å². The Kier molecular flexibility index (Phi) is 4.36. The van der Waals surface area contributed by atoms with Crippen LogP contribution in [-0.4, -0.2) is 11.9 Å². The normalized spacial score (nSPS) is 19.1. The molecule has 0 N–H and O–H groups in total. The number of carbonyl (C=O) groups is 2. The highest BCUT2D eigenvalue weighted by molar-refractivity contribution is 6.05. The molecule has 1 fully saturated rings. The molecule has 1 saturated heterocycles. The van der Waals surface area contributed by atoms with Gasteiger partial charge in [0.25, 0.3) is 0 Å². The van der Waals surface area contributed by atoms with Gasteiger partial charge in [-0.25, -0.2) is 4.79 Å². The summed E-state index contributed by atoms with van der Waals surface area (Å²) < 4.78 is 4.41. The Morgan fingerprint density at radius 3 is 2.64 bits per heavy atom. The van der Waals surface area contributed by atoms with Crippen molar-refractivity contribution in [1.82, 2.24) is 0 Å². The molecular weight excluding hydrogens is 180 g/mol. The molecule has 0 atom stereocenters. The molecule has 0 aromatic carbocycles. The van der Waals surface area contributed by atoms with Crippen LogP contribution in [0.2, 0.25) is 0 Å². The van der Waals surface area contributed by atoms with Gasteiger partial charge in [-0.15, -0.1) is 0 Å². The number of hydrogen-bond acceptors (Lipinski definition) is 3. The first-order valence-electron chi connectivity index (χ1n) is 5.18. The van der Waals surface area contributed by atoms with Gasteiger partial charge in [0.05, 0.1) is 6.42 Å². The zero-order valence-electron chi connectivity index (χ0n) is 8.54. The SMILES string of the molecule is CCCCCCC=C1CC(=O)OC1=O. The smallest absolute Gasteiger partial charge is 0.341 e. The molecule has 0 aromatic rings. The van der Waals surface area contributed by atoms with E-state index >= 15 is 0 Å². The van der Waals surface area contributed by atoms with Crippen molar-refractivity contribution in [1.29, 1.82) is 0 Å². The zero-order valence-corrected chi connectivity index (χ0v) is 8.54. The molecule has 3 nitrogen and oxygen atoms in total. The first-order valence-corrected chi connectivity index (χ1v) is 5.18. The maximum absolute atomic E-state index is 11.0. The zero-order chi connectivity index (χ0) is 10.4. The molecule has 0 saturated carbocycles. The number of allylic oxidation sites excluding steroid dienone is 1. The van der Waals surface area contributed by atoms with Crippen molar-refractivity contribution in [3.8, 4) is 0 Å². The summed E-state index contributed by atoms with van der Waals surface area (Å²) in [7, 11) is 0. The monoisotopic (exact) mass is 196 g/mol. The third-order valence-electron chi connectivity index (χ3n) is 2.25. The number of esters is 2. The summed E-state index contributed by atoms with van der Waals surface area (Å²) in [6.07, 6.45) is 7.57. The molecule has 1 aliphatic heterocycles. The first kappa shape index (κ1) is 11.0. The van der Waals surface area contributed by atoms with E-state index in [0.29, 0.717) is 5.57 Å². The second-order valence-corrected chi connectivity index (χ2v) is 3.52. The second kappa shape index (κ2) is 5.58. The van der Waals surface area contributed by atoms with Gasteiger partial charge in [-0.3, -0.25) is 4.79 Å². The molecule has 0 amide bonds. The van der Waals surface area contributed by atoms with Crippen LogP contribution in [0.5, 0.6) is 0 Å². The largest absolute Gasteiger partial charge is 0.389 e. The molecule has 0 radical (unpaired) electrons. The lowest BCUT2D eigenvalue weighted by atomic mass is 10.1. The fourth-order valence-corrected chi connectivity index (χ4v) is 1.44. The molecule has 78 valence electrons. The van der Waals surface area contributed by atoms with Gasteiger partial charge < -0.3 is 4.74 Å². The first-order chi connectivity index (χ1) is 6.74.